The average molecular weight is 388 g/mol. The Labute approximate surface area is 156 Å². The summed E-state index contributed by atoms with van der Waals surface area (Å²) in [4.78, 5) is 9.19. The normalized spacial score (nSPS) is 10.8. The standard InChI is InChI=1S/C18H11ClFN3S2/c19-12-2-1-3-14(8-12)21-18-23-16(10-25-18)17-22-15(9-24-17)11-4-6-13(20)7-5-11/h1-10H,(H,21,23). The number of hydrogen-bond acceptors (Lipinski definition) is 5. The highest BCUT2D eigenvalue weighted by molar-refractivity contribution is 7.15. The van der Waals surface area contributed by atoms with Gasteiger partial charge in [-0.3, -0.25) is 0 Å². The van der Waals surface area contributed by atoms with Crippen molar-refractivity contribution in [2.75, 3.05) is 5.32 Å². The van der Waals surface area contributed by atoms with E-state index in [0.29, 0.717) is 5.02 Å². The fourth-order valence-corrected chi connectivity index (χ4v) is 4.03. The Bertz CT molecular complexity index is 1010. The molecule has 3 nitrogen and oxygen atoms in total. The van der Waals surface area contributed by atoms with E-state index >= 15 is 0 Å². The Hall–Kier alpha value is -2.28. The highest BCUT2D eigenvalue weighted by Gasteiger charge is 2.11. The van der Waals surface area contributed by atoms with E-state index in [1.165, 1.54) is 34.8 Å². The summed E-state index contributed by atoms with van der Waals surface area (Å²) in [6.45, 7) is 0. The van der Waals surface area contributed by atoms with Crippen LogP contribution in [0.2, 0.25) is 5.02 Å². The number of thiazole rings is 2. The van der Waals surface area contributed by atoms with Crippen molar-refractivity contribution in [1.82, 2.24) is 9.97 Å². The van der Waals surface area contributed by atoms with Gasteiger partial charge in [-0.15, -0.1) is 22.7 Å². The molecule has 4 rings (SSSR count). The van der Waals surface area contributed by atoms with Crippen molar-refractivity contribution in [1.29, 1.82) is 0 Å². The maximum Gasteiger partial charge on any atom is 0.187 e. The predicted molar refractivity (Wildman–Crippen MR) is 103 cm³/mol. The van der Waals surface area contributed by atoms with E-state index in [1.54, 1.807) is 12.1 Å². The molecule has 0 aliphatic rings. The summed E-state index contributed by atoms with van der Waals surface area (Å²) in [5, 5.41) is 9.42. The van der Waals surface area contributed by atoms with Gasteiger partial charge >= 0.3 is 0 Å². The highest BCUT2D eigenvalue weighted by atomic mass is 35.5. The van der Waals surface area contributed by atoms with Gasteiger partial charge in [0, 0.05) is 27.0 Å². The number of hydrogen-bond donors (Lipinski definition) is 1. The van der Waals surface area contributed by atoms with Gasteiger partial charge in [-0.25, -0.2) is 14.4 Å². The summed E-state index contributed by atoms with van der Waals surface area (Å²) in [6.07, 6.45) is 0. The van der Waals surface area contributed by atoms with E-state index in [2.05, 4.69) is 15.3 Å². The van der Waals surface area contributed by atoms with E-state index in [0.717, 1.165) is 32.8 Å². The second-order valence-corrected chi connectivity index (χ2v) is 7.37. The van der Waals surface area contributed by atoms with Crippen LogP contribution in [0.4, 0.5) is 15.2 Å². The summed E-state index contributed by atoms with van der Waals surface area (Å²) >= 11 is 9.01. The summed E-state index contributed by atoms with van der Waals surface area (Å²) in [6, 6.07) is 13.8. The van der Waals surface area contributed by atoms with Gasteiger partial charge in [-0.1, -0.05) is 17.7 Å². The Morgan fingerprint density at radius 3 is 2.52 bits per heavy atom. The molecular weight excluding hydrogens is 377 g/mol. The molecule has 0 bridgehead atoms. The first kappa shape index (κ1) is 16.2. The minimum absolute atomic E-state index is 0.254. The van der Waals surface area contributed by atoms with Crippen molar-refractivity contribution < 1.29 is 4.39 Å². The Balaban J connectivity index is 1.55. The lowest BCUT2D eigenvalue weighted by Gasteiger charge is -2.01. The molecule has 2 aromatic heterocycles. The number of anilines is 2. The molecule has 4 aromatic rings. The Morgan fingerprint density at radius 1 is 0.920 bits per heavy atom. The van der Waals surface area contributed by atoms with Crippen LogP contribution >= 0.6 is 34.3 Å². The summed E-state index contributed by atoms with van der Waals surface area (Å²) in [5.41, 5.74) is 3.40. The van der Waals surface area contributed by atoms with Gasteiger partial charge in [-0.2, -0.15) is 0 Å². The van der Waals surface area contributed by atoms with Gasteiger partial charge < -0.3 is 5.32 Å². The van der Waals surface area contributed by atoms with Crippen molar-refractivity contribution in [3.05, 3.63) is 70.1 Å². The molecule has 0 fully saturated rings. The molecule has 2 aromatic carbocycles. The van der Waals surface area contributed by atoms with E-state index in [-0.39, 0.29) is 5.82 Å². The molecule has 0 saturated heterocycles. The molecule has 0 amide bonds. The maximum atomic E-state index is 13.0. The molecule has 0 unspecified atom stereocenters. The van der Waals surface area contributed by atoms with Crippen molar-refractivity contribution in [3.63, 3.8) is 0 Å². The third-order valence-electron chi connectivity index (χ3n) is 3.44. The minimum Gasteiger partial charge on any atom is -0.331 e. The first-order chi connectivity index (χ1) is 12.2. The zero-order valence-corrected chi connectivity index (χ0v) is 15.1. The number of halogens is 2. The Morgan fingerprint density at radius 2 is 1.72 bits per heavy atom. The number of benzene rings is 2. The maximum absolute atomic E-state index is 13.0. The van der Waals surface area contributed by atoms with Crippen LogP contribution in [0.25, 0.3) is 22.0 Å². The van der Waals surface area contributed by atoms with Crippen LogP contribution in [0.5, 0.6) is 0 Å². The van der Waals surface area contributed by atoms with Crippen molar-refractivity contribution in [3.8, 4) is 22.0 Å². The van der Waals surface area contributed by atoms with E-state index < -0.39 is 0 Å². The molecule has 0 radical (unpaired) electrons. The molecule has 0 spiro atoms. The van der Waals surface area contributed by atoms with Crippen LogP contribution in [-0.4, -0.2) is 9.97 Å². The van der Waals surface area contributed by atoms with Crippen molar-refractivity contribution >= 4 is 45.1 Å². The minimum atomic E-state index is -0.254. The van der Waals surface area contributed by atoms with Crippen LogP contribution in [0.15, 0.2) is 59.3 Å². The number of rotatable bonds is 4. The monoisotopic (exact) mass is 387 g/mol. The number of nitrogens with one attached hydrogen (secondary N) is 1. The van der Waals surface area contributed by atoms with Crippen molar-refractivity contribution in [2.24, 2.45) is 0 Å². The molecule has 0 aliphatic carbocycles. The van der Waals surface area contributed by atoms with Gasteiger partial charge in [0.1, 0.15) is 16.5 Å². The van der Waals surface area contributed by atoms with Crippen molar-refractivity contribution in [2.45, 2.75) is 0 Å². The van der Waals surface area contributed by atoms with Gasteiger partial charge in [-0.05, 0) is 42.5 Å². The summed E-state index contributed by atoms with van der Waals surface area (Å²) in [5.74, 6) is -0.254. The zero-order chi connectivity index (χ0) is 17.2. The largest absolute Gasteiger partial charge is 0.331 e. The topological polar surface area (TPSA) is 37.8 Å². The molecule has 7 heteroatoms. The van der Waals surface area contributed by atoms with Crippen LogP contribution in [0.3, 0.4) is 0 Å². The lowest BCUT2D eigenvalue weighted by Crippen LogP contribution is -1.89. The predicted octanol–water partition coefficient (Wildman–Crippen LogP) is 6.47. The SMILES string of the molecule is Fc1ccc(-c2csc(-c3csc(Nc4cccc(Cl)c4)n3)n2)cc1. The summed E-state index contributed by atoms with van der Waals surface area (Å²) in [7, 11) is 0. The fourth-order valence-electron chi connectivity index (χ4n) is 2.26. The third kappa shape index (κ3) is 3.71. The lowest BCUT2D eigenvalue weighted by atomic mass is 10.2. The molecule has 0 saturated carbocycles. The van der Waals surface area contributed by atoms with Gasteiger partial charge in [0.25, 0.3) is 0 Å². The average Bonchev–Trinajstić information content (AvgIpc) is 3.25. The number of nitrogens with zero attached hydrogens (tertiary/aromatic N) is 2. The van der Waals surface area contributed by atoms with Gasteiger partial charge in [0.2, 0.25) is 0 Å². The van der Waals surface area contributed by atoms with E-state index in [9.17, 15) is 4.39 Å². The quantitative estimate of drug-likeness (QED) is 0.436. The lowest BCUT2D eigenvalue weighted by molar-refractivity contribution is 0.628. The van der Waals surface area contributed by atoms with Gasteiger partial charge in [0.15, 0.2) is 5.13 Å². The second-order valence-electron chi connectivity index (χ2n) is 5.22. The summed E-state index contributed by atoms with van der Waals surface area (Å²) < 4.78 is 13.0. The van der Waals surface area contributed by atoms with Crippen LogP contribution < -0.4 is 5.32 Å². The zero-order valence-electron chi connectivity index (χ0n) is 12.7. The fraction of sp³-hybridized carbons (Fsp3) is 0. The molecule has 0 aliphatic heterocycles. The van der Waals surface area contributed by atoms with Crippen LogP contribution in [0, 0.1) is 5.82 Å². The third-order valence-corrected chi connectivity index (χ3v) is 5.30. The molecule has 124 valence electrons. The highest BCUT2D eigenvalue weighted by Crippen LogP contribution is 2.32. The van der Waals surface area contributed by atoms with E-state index in [1.807, 2.05) is 35.0 Å². The van der Waals surface area contributed by atoms with Gasteiger partial charge in [0.05, 0.1) is 5.69 Å². The molecule has 0 atom stereocenters. The first-order valence-corrected chi connectivity index (χ1v) is 9.51. The first-order valence-electron chi connectivity index (χ1n) is 7.37. The van der Waals surface area contributed by atoms with E-state index in [4.69, 9.17) is 11.6 Å². The van der Waals surface area contributed by atoms with Crippen LogP contribution in [0.1, 0.15) is 0 Å². The molecule has 2 heterocycles. The van der Waals surface area contributed by atoms with Crippen LogP contribution in [-0.2, 0) is 0 Å². The smallest absolute Gasteiger partial charge is 0.187 e. The Kier molecular flexibility index (Phi) is 4.48. The molecule has 25 heavy (non-hydrogen) atoms. The molecular formula is C18H11ClFN3S2. The molecule has 1 N–H and O–H groups in total. The second kappa shape index (κ2) is 6.92. The number of aromatic nitrogens is 2.